The number of hydrogen-bond acceptors (Lipinski definition) is 4. The Kier molecular flexibility index (Phi) is 4.10. The fourth-order valence-corrected chi connectivity index (χ4v) is 1.46. The van der Waals surface area contributed by atoms with Crippen molar-refractivity contribution < 1.29 is 19.1 Å². The Morgan fingerprint density at radius 3 is 2.75 bits per heavy atom. The Labute approximate surface area is 95.6 Å². The summed E-state index contributed by atoms with van der Waals surface area (Å²) in [6, 6.07) is 0. The van der Waals surface area contributed by atoms with Crippen molar-refractivity contribution in [3.05, 3.63) is 12.2 Å². The predicted octanol–water partition coefficient (Wildman–Crippen LogP) is 1.84. The van der Waals surface area contributed by atoms with Gasteiger partial charge in [0, 0.05) is 5.41 Å². The number of allylic oxidation sites excluding steroid dienone is 1. The van der Waals surface area contributed by atoms with Gasteiger partial charge in [-0.25, -0.2) is 4.79 Å². The van der Waals surface area contributed by atoms with Crippen LogP contribution in [0.3, 0.4) is 0 Å². The Hall–Kier alpha value is -1.32. The second kappa shape index (κ2) is 5.14. The van der Waals surface area contributed by atoms with E-state index in [9.17, 15) is 9.59 Å². The second-order valence-corrected chi connectivity index (χ2v) is 4.55. The van der Waals surface area contributed by atoms with Gasteiger partial charge in [-0.3, -0.25) is 4.79 Å². The highest BCUT2D eigenvalue weighted by Gasteiger charge is 2.46. The molecule has 0 aromatic heterocycles. The molecule has 90 valence electrons. The van der Waals surface area contributed by atoms with Crippen LogP contribution in [0.5, 0.6) is 0 Å². The van der Waals surface area contributed by atoms with Crippen LogP contribution in [0.15, 0.2) is 12.2 Å². The third-order valence-electron chi connectivity index (χ3n) is 2.45. The van der Waals surface area contributed by atoms with E-state index < -0.39 is 17.5 Å². The van der Waals surface area contributed by atoms with Crippen LogP contribution in [0, 0.1) is 5.41 Å². The van der Waals surface area contributed by atoms with Crippen LogP contribution in [0.4, 0.5) is 0 Å². The summed E-state index contributed by atoms with van der Waals surface area (Å²) in [7, 11) is 0. The lowest BCUT2D eigenvalue weighted by molar-refractivity contribution is -0.162. The highest BCUT2D eigenvalue weighted by atomic mass is 16.6. The SMILES string of the molecule is CC/C=C/CC(=O)O[C@H]1C(=O)OCC1(C)C. The summed E-state index contributed by atoms with van der Waals surface area (Å²) in [5.74, 6) is -0.834. The smallest absolute Gasteiger partial charge is 0.348 e. The van der Waals surface area contributed by atoms with Crippen LogP contribution in [-0.2, 0) is 19.1 Å². The van der Waals surface area contributed by atoms with Gasteiger partial charge < -0.3 is 9.47 Å². The third-order valence-corrected chi connectivity index (χ3v) is 2.45. The van der Waals surface area contributed by atoms with Gasteiger partial charge in [0.2, 0.25) is 6.10 Å². The van der Waals surface area contributed by atoms with Crippen molar-refractivity contribution >= 4 is 11.9 Å². The number of hydrogen-bond donors (Lipinski definition) is 0. The average molecular weight is 226 g/mol. The molecule has 0 bridgehead atoms. The molecule has 0 saturated carbocycles. The van der Waals surface area contributed by atoms with E-state index in [-0.39, 0.29) is 12.4 Å². The maximum atomic E-state index is 11.4. The molecular weight excluding hydrogens is 208 g/mol. The second-order valence-electron chi connectivity index (χ2n) is 4.55. The highest BCUT2D eigenvalue weighted by molar-refractivity contribution is 5.82. The average Bonchev–Trinajstić information content (AvgIpc) is 2.45. The van der Waals surface area contributed by atoms with Crippen LogP contribution in [-0.4, -0.2) is 24.6 Å². The van der Waals surface area contributed by atoms with Crippen LogP contribution in [0.1, 0.15) is 33.6 Å². The van der Waals surface area contributed by atoms with Crippen molar-refractivity contribution in [2.24, 2.45) is 5.41 Å². The van der Waals surface area contributed by atoms with Crippen LogP contribution < -0.4 is 0 Å². The minimum absolute atomic E-state index is 0.202. The van der Waals surface area contributed by atoms with E-state index in [1.165, 1.54) is 0 Å². The number of rotatable bonds is 4. The van der Waals surface area contributed by atoms with Crippen molar-refractivity contribution in [3.63, 3.8) is 0 Å². The highest BCUT2D eigenvalue weighted by Crippen LogP contribution is 2.31. The van der Waals surface area contributed by atoms with E-state index in [0.29, 0.717) is 6.61 Å². The number of ether oxygens (including phenoxy) is 2. The van der Waals surface area contributed by atoms with Crippen molar-refractivity contribution in [1.82, 2.24) is 0 Å². The van der Waals surface area contributed by atoms with E-state index >= 15 is 0 Å². The van der Waals surface area contributed by atoms with E-state index in [4.69, 9.17) is 9.47 Å². The molecule has 1 fully saturated rings. The predicted molar refractivity (Wildman–Crippen MR) is 58.7 cm³/mol. The Bertz CT molecular complexity index is 304. The molecule has 0 aromatic rings. The lowest BCUT2D eigenvalue weighted by Gasteiger charge is -2.21. The number of carbonyl (C=O) groups is 2. The van der Waals surface area contributed by atoms with Gasteiger partial charge in [0.05, 0.1) is 6.42 Å². The van der Waals surface area contributed by atoms with E-state index in [0.717, 1.165) is 6.42 Å². The molecule has 1 aliphatic heterocycles. The van der Waals surface area contributed by atoms with Gasteiger partial charge in [0.15, 0.2) is 0 Å². The van der Waals surface area contributed by atoms with Crippen LogP contribution in [0.2, 0.25) is 0 Å². The molecule has 1 rings (SSSR count). The quantitative estimate of drug-likeness (QED) is 0.542. The largest absolute Gasteiger partial charge is 0.462 e. The van der Waals surface area contributed by atoms with Gasteiger partial charge in [0.25, 0.3) is 0 Å². The third kappa shape index (κ3) is 3.08. The van der Waals surface area contributed by atoms with Crippen LogP contribution in [0.25, 0.3) is 0 Å². The summed E-state index contributed by atoms with van der Waals surface area (Å²) in [5, 5.41) is 0. The molecule has 1 heterocycles. The molecule has 16 heavy (non-hydrogen) atoms. The summed E-state index contributed by atoms with van der Waals surface area (Å²) in [5.41, 5.74) is -0.429. The standard InChI is InChI=1S/C12H18O4/c1-4-5-6-7-9(13)16-10-11(14)15-8-12(10,2)3/h5-6,10H,4,7-8H2,1-3H3/b6-5+/t10-/m0/s1. The minimum atomic E-state index is -0.768. The van der Waals surface area contributed by atoms with Gasteiger partial charge in [0.1, 0.15) is 6.61 Å². The van der Waals surface area contributed by atoms with Gasteiger partial charge in [-0.05, 0) is 6.42 Å². The Morgan fingerprint density at radius 1 is 1.56 bits per heavy atom. The molecule has 4 nitrogen and oxygen atoms in total. The topological polar surface area (TPSA) is 52.6 Å². The van der Waals surface area contributed by atoms with Crippen molar-refractivity contribution in [2.75, 3.05) is 6.61 Å². The fraction of sp³-hybridized carbons (Fsp3) is 0.667. The zero-order valence-electron chi connectivity index (χ0n) is 9.99. The Balaban J connectivity index is 2.50. The first-order chi connectivity index (χ1) is 7.47. The van der Waals surface area contributed by atoms with Crippen molar-refractivity contribution in [1.29, 1.82) is 0 Å². The van der Waals surface area contributed by atoms with Gasteiger partial charge in [-0.15, -0.1) is 0 Å². The van der Waals surface area contributed by atoms with E-state index in [1.54, 1.807) is 6.08 Å². The molecule has 0 aromatic carbocycles. The first-order valence-corrected chi connectivity index (χ1v) is 5.48. The van der Waals surface area contributed by atoms with Gasteiger partial charge in [-0.2, -0.15) is 0 Å². The molecule has 0 unspecified atom stereocenters. The first kappa shape index (κ1) is 12.7. The molecule has 1 aliphatic rings. The first-order valence-electron chi connectivity index (χ1n) is 5.48. The van der Waals surface area contributed by atoms with Gasteiger partial charge in [-0.1, -0.05) is 32.9 Å². The fourth-order valence-electron chi connectivity index (χ4n) is 1.46. The molecule has 1 saturated heterocycles. The Morgan fingerprint density at radius 2 is 2.25 bits per heavy atom. The zero-order chi connectivity index (χ0) is 12.2. The summed E-state index contributed by atoms with van der Waals surface area (Å²) >= 11 is 0. The van der Waals surface area contributed by atoms with E-state index in [2.05, 4.69) is 0 Å². The normalized spacial score (nSPS) is 23.4. The number of cyclic esters (lactones) is 1. The van der Waals surface area contributed by atoms with Crippen molar-refractivity contribution in [3.8, 4) is 0 Å². The number of esters is 2. The summed E-state index contributed by atoms with van der Waals surface area (Å²) in [4.78, 5) is 22.8. The number of carbonyl (C=O) groups excluding carboxylic acids is 2. The maximum Gasteiger partial charge on any atom is 0.348 e. The lowest BCUT2D eigenvalue weighted by Crippen LogP contribution is -2.34. The van der Waals surface area contributed by atoms with E-state index in [1.807, 2.05) is 26.8 Å². The van der Waals surface area contributed by atoms with Crippen LogP contribution >= 0.6 is 0 Å². The summed E-state index contributed by atoms with van der Waals surface area (Å²) in [6.45, 7) is 5.98. The summed E-state index contributed by atoms with van der Waals surface area (Å²) < 4.78 is 9.99. The zero-order valence-corrected chi connectivity index (χ0v) is 9.99. The van der Waals surface area contributed by atoms with Gasteiger partial charge >= 0.3 is 11.9 Å². The molecule has 0 amide bonds. The molecule has 1 atom stereocenters. The lowest BCUT2D eigenvalue weighted by atomic mass is 9.90. The monoisotopic (exact) mass is 226 g/mol. The minimum Gasteiger partial charge on any atom is -0.462 e. The molecule has 0 spiro atoms. The molecule has 4 heteroatoms. The summed E-state index contributed by atoms with van der Waals surface area (Å²) in [6.07, 6.45) is 3.95. The maximum absolute atomic E-state index is 11.4. The molecule has 0 radical (unpaired) electrons. The molecular formula is C12H18O4. The molecule has 0 N–H and O–H groups in total. The molecule has 0 aliphatic carbocycles. The van der Waals surface area contributed by atoms with Crippen molar-refractivity contribution in [2.45, 2.75) is 39.7 Å².